The van der Waals surface area contributed by atoms with Crippen molar-refractivity contribution in [3.05, 3.63) is 18.2 Å². The van der Waals surface area contributed by atoms with Gasteiger partial charge in [0.05, 0.1) is 5.69 Å². The van der Waals surface area contributed by atoms with E-state index < -0.39 is 13.5 Å². The maximum atomic E-state index is 13.0. The number of hydrogen-bond donors (Lipinski definition) is 1. The average Bonchev–Trinajstić information content (AvgIpc) is 2.44. The quantitative estimate of drug-likeness (QED) is 0.746. The van der Waals surface area contributed by atoms with Crippen LogP contribution in [0.2, 0.25) is 0 Å². The molecule has 1 aliphatic rings. The Kier molecular flexibility index (Phi) is 5.58. The number of hydrogen-bond acceptors (Lipinski definition) is 3. The molecule has 0 radical (unpaired) electrons. The highest BCUT2D eigenvalue weighted by Gasteiger charge is 2.34. The zero-order valence-corrected chi connectivity index (χ0v) is 15.3. The van der Waals surface area contributed by atoms with E-state index in [0.717, 1.165) is 19.3 Å². The molecular weight excluding hydrogens is 338 g/mol. The topological polar surface area (TPSA) is 38.3 Å². The first-order valence-electron chi connectivity index (χ1n) is 8.21. The molecule has 1 heterocycles. The van der Waals surface area contributed by atoms with E-state index in [0.29, 0.717) is 24.2 Å². The number of anilines is 1. The van der Waals surface area contributed by atoms with Crippen LogP contribution in [0.15, 0.2) is 18.2 Å². The third-order valence-electron chi connectivity index (χ3n) is 4.01. The number of alkyl halides is 3. The fourth-order valence-corrected chi connectivity index (χ4v) is 5.67. The Morgan fingerprint density at radius 2 is 1.75 bits per heavy atom. The monoisotopic (exact) mass is 363 g/mol. The standard InChI is InChI=1S/C17H25F3NO2P/c1-16(2,3)12-21-14-8-7-13(11-15(14)23-17(18,19)20)24(22)9-5-4-6-10-24/h7-8,11,21H,4-6,9-10,12H2,1-3H3. The first-order valence-corrected chi connectivity index (χ1v) is 10.3. The Morgan fingerprint density at radius 1 is 1.12 bits per heavy atom. The molecule has 0 amide bonds. The molecule has 1 aromatic carbocycles. The number of nitrogens with one attached hydrogen (secondary N) is 1. The lowest BCUT2D eigenvalue weighted by Gasteiger charge is -2.25. The fourth-order valence-electron chi connectivity index (χ4n) is 2.76. The normalized spacial score (nSPS) is 18.2. The number of halogens is 3. The molecule has 1 aliphatic heterocycles. The number of benzene rings is 1. The van der Waals surface area contributed by atoms with Gasteiger partial charge in [-0.25, -0.2) is 0 Å². The molecular formula is C17H25F3NO2P. The first kappa shape index (κ1) is 19.2. The fraction of sp³-hybridized carbons (Fsp3) is 0.647. The van der Waals surface area contributed by atoms with Gasteiger partial charge in [-0.15, -0.1) is 13.2 Å². The second-order valence-electron chi connectivity index (χ2n) is 7.54. The van der Waals surface area contributed by atoms with Crippen molar-refractivity contribution in [1.29, 1.82) is 0 Å². The molecule has 0 bridgehead atoms. The molecule has 0 atom stereocenters. The van der Waals surface area contributed by atoms with E-state index in [1.165, 1.54) is 6.07 Å². The van der Waals surface area contributed by atoms with Gasteiger partial charge >= 0.3 is 6.36 Å². The van der Waals surface area contributed by atoms with Crippen LogP contribution in [-0.2, 0) is 4.57 Å². The van der Waals surface area contributed by atoms with Crippen molar-refractivity contribution in [3.8, 4) is 5.75 Å². The maximum absolute atomic E-state index is 13.0. The molecule has 1 aromatic rings. The van der Waals surface area contributed by atoms with E-state index in [1.54, 1.807) is 12.1 Å². The lowest BCUT2D eigenvalue weighted by Crippen LogP contribution is -2.23. The Balaban J connectivity index is 2.32. The van der Waals surface area contributed by atoms with Crippen LogP contribution in [-0.4, -0.2) is 25.2 Å². The largest absolute Gasteiger partial charge is 0.573 e. The van der Waals surface area contributed by atoms with E-state index in [-0.39, 0.29) is 16.9 Å². The van der Waals surface area contributed by atoms with Gasteiger partial charge in [0.25, 0.3) is 0 Å². The summed E-state index contributed by atoms with van der Waals surface area (Å²) < 4.78 is 55.5. The van der Waals surface area contributed by atoms with Gasteiger partial charge in [0, 0.05) is 24.2 Å². The molecule has 1 fully saturated rings. The lowest BCUT2D eigenvalue weighted by atomic mass is 9.97. The second kappa shape index (κ2) is 6.99. The summed E-state index contributed by atoms with van der Waals surface area (Å²) in [6, 6.07) is 4.54. The maximum Gasteiger partial charge on any atom is 0.573 e. The molecule has 0 unspecified atom stereocenters. The van der Waals surface area contributed by atoms with Crippen molar-refractivity contribution in [2.75, 3.05) is 24.2 Å². The van der Waals surface area contributed by atoms with Gasteiger partial charge in [-0.3, -0.25) is 0 Å². The third-order valence-corrected chi connectivity index (χ3v) is 7.31. The predicted molar refractivity (Wildman–Crippen MR) is 91.9 cm³/mol. The Bertz CT molecular complexity index is 613. The summed E-state index contributed by atoms with van der Waals surface area (Å²) in [5.74, 6) is -0.301. The summed E-state index contributed by atoms with van der Waals surface area (Å²) in [6.07, 6.45) is -0.910. The first-order chi connectivity index (χ1) is 11.0. The molecule has 0 saturated carbocycles. The average molecular weight is 363 g/mol. The SMILES string of the molecule is CC(C)(C)CNc1ccc(P2(=O)CCCCC2)cc1OC(F)(F)F. The highest BCUT2D eigenvalue weighted by molar-refractivity contribution is 7.71. The summed E-state index contributed by atoms with van der Waals surface area (Å²) in [7, 11) is -2.60. The van der Waals surface area contributed by atoms with Gasteiger partial charge in [-0.2, -0.15) is 0 Å². The minimum Gasteiger partial charge on any atom is -0.404 e. The van der Waals surface area contributed by atoms with Crippen molar-refractivity contribution < 1.29 is 22.5 Å². The van der Waals surface area contributed by atoms with Crippen LogP contribution in [0.1, 0.15) is 40.0 Å². The minimum absolute atomic E-state index is 0.0930. The van der Waals surface area contributed by atoms with E-state index in [1.807, 2.05) is 20.8 Å². The molecule has 1 N–H and O–H groups in total. The Labute approximate surface area is 141 Å². The van der Waals surface area contributed by atoms with E-state index in [4.69, 9.17) is 0 Å². The smallest absolute Gasteiger partial charge is 0.404 e. The van der Waals surface area contributed by atoms with Crippen LogP contribution in [0, 0.1) is 5.41 Å². The Morgan fingerprint density at radius 3 is 2.29 bits per heavy atom. The third kappa shape index (κ3) is 5.44. The van der Waals surface area contributed by atoms with E-state index >= 15 is 0 Å². The Hall–Kier alpha value is -1.16. The predicted octanol–water partition coefficient (Wildman–Crippen LogP) is 5.22. The van der Waals surface area contributed by atoms with Gasteiger partial charge in [-0.1, -0.05) is 27.2 Å². The molecule has 24 heavy (non-hydrogen) atoms. The van der Waals surface area contributed by atoms with Crippen LogP contribution in [0.5, 0.6) is 5.75 Å². The van der Waals surface area contributed by atoms with Gasteiger partial charge in [-0.05, 0) is 36.5 Å². The molecule has 7 heteroatoms. The van der Waals surface area contributed by atoms with Crippen molar-refractivity contribution in [3.63, 3.8) is 0 Å². The van der Waals surface area contributed by atoms with Gasteiger partial charge in [0.1, 0.15) is 7.14 Å². The second-order valence-corrected chi connectivity index (χ2v) is 10.7. The molecule has 0 aromatic heterocycles. The molecule has 0 spiro atoms. The lowest BCUT2D eigenvalue weighted by molar-refractivity contribution is -0.274. The van der Waals surface area contributed by atoms with E-state index in [9.17, 15) is 17.7 Å². The molecule has 136 valence electrons. The van der Waals surface area contributed by atoms with Crippen LogP contribution < -0.4 is 15.4 Å². The molecule has 3 nitrogen and oxygen atoms in total. The van der Waals surface area contributed by atoms with Crippen LogP contribution in [0.25, 0.3) is 0 Å². The van der Waals surface area contributed by atoms with E-state index in [2.05, 4.69) is 10.1 Å². The molecule has 2 rings (SSSR count). The summed E-state index contributed by atoms with van der Waals surface area (Å²) in [5.41, 5.74) is 0.180. The van der Waals surface area contributed by atoms with Crippen LogP contribution >= 0.6 is 7.14 Å². The number of rotatable bonds is 4. The number of ether oxygens (including phenoxy) is 1. The zero-order chi connectivity index (χ0) is 18.0. The molecule has 0 aliphatic carbocycles. The van der Waals surface area contributed by atoms with Gasteiger partial charge in [0.15, 0.2) is 5.75 Å². The van der Waals surface area contributed by atoms with Crippen molar-refractivity contribution in [2.24, 2.45) is 5.41 Å². The summed E-state index contributed by atoms with van der Waals surface area (Å²) in [4.78, 5) is 0. The summed E-state index contributed by atoms with van der Waals surface area (Å²) in [6.45, 7) is 6.45. The van der Waals surface area contributed by atoms with Crippen LogP contribution in [0.3, 0.4) is 0 Å². The zero-order valence-electron chi connectivity index (χ0n) is 14.4. The highest BCUT2D eigenvalue weighted by Crippen LogP contribution is 2.50. The van der Waals surface area contributed by atoms with Crippen molar-refractivity contribution in [2.45, 2.75) is 46.4 Å². The van der Waals surface area contributed by atoms with Crippen LogP contribution in [0.4, 0.5) is 18.9 Å². The summed E-state index contributed by atoms with van der Waals surface area (Å²) >= 11 is 0. The van der Waals surface area contributed by atoms with Crippen molar-refractivity contribution in [1.82, 2.24) is 0 Å². The minimum atomic E-state index is -4.78. The summed E-state index contributed by atoms with van der Waals surface area (Å²) in [5, 5.41) is 3.49. The van der Waals surface area contributed by atoms with Crippen molar-refractivity contribution >= 4 is 18.1 Å². The molecule has 1 saturated heterocycles. The van der Waals surface area contributed by atoms with Gasteiger partial charge in [0.2, 0.25) is 0 Å². The van der Waals surface area contributed by atoms with Gasteiger partial charge < -0.3 is 14.6 Å². The highest BCUT2D eigenvalue weighted by atomic mass is 31.2.